The summed E-state index contributed by atoms with van der Waals surface area (Å²) < 4.78 is 4.71. The Morgan fingerprint density at radius 1 is 1.43 bits per heavy atom. The molecule has 4 heteroatoms. The lowest BCUT2D eigenvalue weighted by atomic mass is 9.86. The van der Waals surface area contributed by atoms with Crippen molar-refractivity contribution in [3.05, 3.63) is 0 Å². The van der Waals surface area contributed by atoms with E-state index in [0.29, 0.717) is 12.6 Å². The zero-order valence-electron chi connectivity index (χ0n) is 8.66. The second-order valence-electron chi connectivity index (χ2n) is 3.75. The summed E-state index contributed by atoms with van der Waals surface area (Å²) in [4.78, 5) is 11.2. The molecule has 0 aromatic rings. The summed E-state index contributed by atoms with van der Waals surface area (Å²) in [6.45, 7) is 0.824. The van der Waals surface area contributed by atoms with Gasteiger partial charge in [-0.2, -0.15) is 0 Å². The maximum Gasteiger partial charge on any atom is 0.308 e. The molecule has 0 aromatic heterocycles. The molecule has 0 spiro atoms. The van der Waals surface area contributed by atoms with Gasteiger partial charge in [-0.1, -0.05) is 0 Å². The Morgan fingerprint density at radius 2 is 2.07 bits per heavy atom. The quantitative estimate of drug-likeness (QED) is 0.642. The van der Waals surface area contributed by atoms with Crippen LogP contribution in [0.5, 0.6) is 0 Å². The van der Waals surface area contributed by atoms with Crippen LogP contribution in [0.3, 0.4) is 0 Å². The summed E-state index contributed by atoms with van der Waals surface area (Å²) in [6.07, 6.45) is 3.80. The van der Waals surface area contributed by atoms with Crippen LogP contribution >= 0.6 is 0 Å². The van der Waals surface area contributed by atoms with Crippen LogP contribution < -0.4 is 5.32 Å². The van der Waals surface area contributed by atoms with Gasteiger partial charge in [0.05, 0.1) is 19.6 Å². The molecule has 0 saturated heterocycles. The van der Waals surface area contributed by atoms with Gasteiger partial charge in [0.1, 0.15) is 0 Å². The average Bonchev–Trinajstić information content (AvgIpc) is 2.26. The first-order chi connectivity index (χ1) is 6.77. The van der Waals surface area contributed by atoms with E-state index in [1.54, 1.807) is 0 Å². The zero-order valence-corrected chi connectivity index (χ0v) is 8.66. The molecule has 0 aliphatic heterocycles. The van der Waals surface area contributed by atoms with Crippen molar-refractivity contribution in [2.24, 2.45) is 5.92 Å². The smallest absolute Gasteiger partial charge is 0.308 e. The van der Waals surface area contributed by atoms with Gasteiger partial charge in [0.2, 0.25) is 0 Å². The Morgan fingerprint density at radius 3 is 2.57 bits per heavy atom. The van der Waals surface area contributed by atoms with E-state index in [4.69, 9.17) is 9.84 Å². The van der Waals surface area contributed by atoms with Crippen molar-refractivity contribution < 1.29 is 14.6 Å². The van der Waals surface area contributed by atoms with Crippen molar-refractivity contribution in [2.75, 3.05) is 20.3 Å². The number of nitrogens with one attached hydrogen (secondary N) is 1. The van der Waals surface area contributed by atoms with Gasteiger partial charge in [0.15, 0.2) is 0 Å². The SMILES string of the molecule is COC(=O)C1CCC(NCCO)CC1. The molecule has 0 bridgehead atoms. The number of aliphatic hydroxyl groups excluding tert-OH is 1. The van der Waals surface area contributed by atoms with Gasteiger partial charge < -0.3 is 15.2 Å². The summed E-state index contributed by atoms with van der Waals surface area (Å²) in [5.41, 5.74) is 0. The molecule has 1 saturated carbocycles. The summed E-state index contributed by atoms with van der Waals surface area (Å²) >= 11 is 0. The molecule has 0 heterocycles. The Kier molecular flexibility index (Phi) is 4.90. The normalized spacial score (nSPS) is 27.3. The van der Waals surface area contributed by atoms with Crippen LogP contribution in [0.15, 0.2) is 0 Å². The number of carbonyl (C=O) groups excluding carboxylic acids is 1. The average molecular weight is 201 g/mol. The molecule has 0 aromatic carbocycles. The monoisotopic (exact) mass is 201 g/mol. The topological polar surface area (TPSA) is 58.6 Å². The summed E-state index contributed by atoms with van der Waals surface area (Å²) in [7, 11) is 1.44. The van der Waals surface area contributed by atoms with Crippen LogP contribution in [-0.4, -0.2) is 37.4 Å². The number of hydrogen-bond donors (Lipinski definition) is 2. The molecule has 1 aliphatic rings. The largest absolute Gasteiger partial charge is 0.469 e. The molecule has 4 nitrogen and oxygen atoms in total. The van der Waals surface area contributed by atoms with Crippen LogP contribution in [0, 0.1) is 5.92 Å². The van der Waals surface area contributed by atoms with Crippen LogP contribution in [0.1, 0.15) is 25.7 Å². The lowest BCUT2D eigenvalue weighted by Crippen LogP contribution is -2.36. The highest BCUT2D eigenvalue weighted by atomic mass is 16.5. The highest BCUT2D eigenvalue weighted by molar-refractivity contribution is 5.72. The van der Waals surface area contributed by atoms with Crippen molar-refractivity contribution in [3.8, 4) is 0 Å². The number of methoxy groups -OCH3 is 1. The fourth-order valence-electron chi connectivity index (χ4n) is 1.97. The predicted molar refractivity (Wildman–Crippen MR) is 52.9 cm³/mol. The van der Waals surface area contributed by atoms with Gasteiger partial charge in [-0.25, -0.2) is 0 Å². The lowest BCUT2D eigenvalue weighted by molar-refractivity contribution is -0.146. The van der Waals surface area contributed by atoms with Gasteiger partial charge in [0.25, 0.3) is 0 Å². The Labute approximate surface area is 84.6 Å². The number of carbonyl (C=O) groups is 1. The third-order valence-corrected chi connectivity index (χ3v) is 2.81. The first-order valence-electron chi connectivity index (χ1n) is 5.20. The van der Waals surface area contributed by atoms with Gasteiger partial charge in [-0.15, -0.1) is 0 Å². The molecule has 82 valence electrons. The van der Waals surface area contributed by atoms with E-state index >= 15 is 0 Å². The fourth-order valence-corrected chi connectivity index (χ4v) is 1.97. The maximum absolute atomic E-state index is 11.2. The zero-order chi connectivity index (χ0) is 10.4. The number of ether oxygens (including phenoxy) is 1. The fraction of sp³-hybridized carbons (Fsp3) is 0.900. The van der Waals surface area contributed by atoms with E-state index in [9.17, 15) is 4.79 Å². The summed E-state index contributed by atoms with van der Waals surface area (Å²) in [5.74, 6) is 0.0118. The standard InChI is InChI=1S/C10H19NO3/c1-14-10(13)8-2-4-9(5-3-8)11-6-7-12/h8-9,11-12H,2-7H2,1H3. The van der Waals surface area contributed by atoms with E-state index in [2.05, 4.69) is 5.32 Å². The van der Waals surface area contributed by atoms with E-state index in [1.807, 2.05) is 0 Å². The number of hydrogen-bond acceptors (Lipinski definition) is 4. The summed E-state index contributed by atoms with van der Waals surface area (Å²) in [5, 5.41) is 11.9. The molecule has 0 unspecified atom stereocenters. The second kappa shape index (κ2) is 5.98. The minimum atomic E-state index is -0.0781. The molecule has 1 rings (SSSR count). The van der Waals surface area contributed by atoms with Gasteiger partial charge in [-0.05, 0) is 25.7 Å². The highest BCUT2D eigenvalue weighted by Gasteiger charge is 2.26. The highest BCUT2D eigenvalue weighted by Crippen LogP contribution is 2.24. The van der Waals surface area contributed by atoms with Crippen LogP contribution in [0.4, 0.5) is 0 Å². The van der Waals surface area contributed by atoms with E-state index in [1.165, 1.54) is 7.11 Å². The predicted octanol–water partition coefficient (Wildman–Crippen LogP) is 0.300. The Bertz CT molecular complexity index is 176. The van der Waals surface area contributed by atoms with Crippen molar-refractivity contribution >= 4 is 5.97 Å². The van der Waals surface area contributed by atoms with Crippen molar-refractivity contribution in [2.45, 2.75) is 31.7 Å². The third-order valence-electron chi connectivity index (χ3n) is 2.81. The molecule has 14 heavy (non-hydrogen) atoms. The minimum absolute atomic E-state index is 0.0781. The first kappa shape index (κ1) is 11.5. The molecular weight excluding hydrogens is 182 g/mol. The Hall–Kier alpha value is -0.610. The number of aliphatic hydroxyl groups is 1. The first-order valence-corrected chi connectivity index (χ1v) is 5.20. The molecule has 0 atom stereocenters. The van der Waals surface area contributed by atoms with Crippen LogP contribution in [0.25, 0.3) is 0 Å². The van der Waals surface area contributed by atoms with Crippen molar-refractivity contribution in [1.29, 1.82) is 0 Å². The molecular formula is C10H19NO3. The second-order valence-corrected chi connectivity index (χ2v) is 3.75. The third kappa shape index (κ3) is 3.27. The van der Waals surface area contributed by atoms with Crippen LogP contribution in [-0.2, 0) is 9.53 Å². The molecule has 1 fully saturated rings. The number of esters is 1. The number of rotatable bonds is 4. The minimum Gasteiger partial charge on any atom is -0.469 e. The van der Waals surface area contributed by atoms with Gasteiger partial charge >= 0.3 is 5.97 Å². The maximum atomic E-state index is 11.2. The van der Waals surface area contributed by atoms with E-state index in [0.717, 1.165) is 25.7 Å². The molecule has 0 amide bonds. The van der Waals surface area contributed by atoms with Gasteiger partial charge in [-0.3, -0.25) is 4.79 Å². The molecule has 1 aliphatic carbocycles. The van der Waals surface area contributed by atoms with Crippen molar-refractivity contribution in [3.63, 3.8) is 0 Å². The van der Waals surface area contributed by atoms with E-state index in [-0.39, 0.29) is 18.5 Å². The lowest BCUT2D eigenvalue weighted by Gasteiger charge is -2.27. The molecule has 2 N–H and O–H groups in total. The summed E-state index contributed by atoms with van der Waals surface area (Å²) in [6, 6.07) is 0.461. The molecule has 0 radical (unpaired) electrons. The Balaban J connectivity index is 2.20. The van der Waals surface area contributed by atoms with E-state index < -0.39 is 0 Å². The van der Waals surface area contributed by atoms with Crippen LogP contribution in [0.2, 0.25) is 0 Å². The van der Waals surface area contributed by atoms with Gasteiger partial charge in [0, 0.05) is 12.6 Å². The van der Waals surface area contributed by atoms with Crippen molar-refractivity contribution in [1.82, 2.24) is 5.32 Å².